The van der Waals surface area contributed by atoms with Gasteiger partial charge in [-0.1, -0.05) is 18.2 Å². The van der Waals surface area contributed by atoms with Crippen LogP contribution in [-0.2, 0) is 14.3 Å². The van der Waals surface area contributed by atoms with E-state index in [0.29, 0.717) is 13.1 Å². The quantitative estimate of drug-likeness (QED) is 0.864. The van der Waals surface area contributed by atoms with Crippen LogP contribution in [0.2, 0.25) is 0 Å². The molecule has 2 atom stereocenters. The summed E-state index contributed by atoms with van der Waals surface area (Å²) in [6.07, 6.45) is 0.0845. The lowest BCUT2D eigenvalue weighted by Crippen LogP contribution is -2.35. The number of nitrogens with one attached hydrogen (secondary N) is 1. The highest BCUT2D eigenvalue weighted by atomic mass is 32.1. The smallest absolute Gasteiger partial charge is 0.227 e. The number of para-hydroxylation sites is 1. The van der Waals surface area contributed by atoms with E-state index in [0.717, 1.165) is 10.6 Å². The molecule has 0 saturated carbocycles. The maximum absolute atomic E-state index is 12.5. The summed E-state index contributed by atoms with van der Waals surface area (Å²) in [5, 5.41) is 2.94. The van der Waals surface area contributed by atoms with E-state index >= 15 is 0 Å². The highest BCUT2D eigenvalue weighted by Crippen LogP contribution is 2.26. The first-order valence-electron chi connectivity index (χ1n) is 8.30. The number of carbonyl (C=O) groups is 2. The SMILES string of the molecule is CO[C@H](CNC(=O)[C@@H]1CC(=O)N(c2ccccc2)C1)c1ccc(C)s1. The van der Waals surface area contributed by atoms with Crippen molar-refractivity contribution >= 4 is 28.8 Å². The summed E-state index contributed by atoms with van der Waals surface area (Å²) in [4.78, 5) is 28.7. The number of methoxy groups -OCH3 is 1. The molecule has 1 aromatic heterocycles. The molecule has 2 aromatic rings. The van der Waals surface area contributed by atoms with Crippen molar-refractivity contribution in [3.63, 3.8) is 0 Å². The van der Waals surface area contributed by atoms with E-state index in [4.69, 9.17) is 4.74 Å². The zero-order valence-electron chi connectivity index (χ0n) is 14.4. The lowest BCUT2D eigenvalue weighted by atomic mass is 10.1. The van der Waals surface area contributed by atoms with Gasteiger partial charge in [-0.3, -0.25) is 9.59 Å². The fourth-order valence-electron chi connectivity index (χ4n) is 3.00. The molecule has 3 rings (SSSR count). The van der Waals surface area contributed by atoms with Crippen LogP contribution in [0.25, 0.3) is 0 Å². The Morgan fingerprint density at radius 2 is 2.08 bits per heavy atom. The normalized spacial score (nSPS) is 18.4. The Hall–Kier alpha value is -2.18. The van der Waals surface area contributed by atoms with Crippen LogP contribution in [0.5, 0.6) is 0 Å². The topological polar surface area (TPSA) is 58.6 Å². The van der Waals surface area contributed by atoms with Crippen LogP contribution < -0.4 is 10.2 Å². The number of aryl methyl sites for hydroxylation is 1. The molecular formula is C19H22N2O3S. The van der Waals surface area contributed by atoms with E-state index in [1.165, 1.54) is 4.88 Å². The zero-order valence-corrected chi connectivity index (χ0v) is 15.2. The largest absolute Gasteiger partial charge is 0.374 e. The number of ether oxygens (including phenoxy) is 1. The second kappa shape index (κ2) is 7.80. The number of hydrogen-bond donors (Lipinski definition) is 1. The molecule has 6 heteroatoms. The number of nitrogens with zero attached hydrogens (tertiary/aromatic N) is 1. The van der Waals surface area contributed by atoms with Crippen molar-refractivity contribution in [2.45, 2.75) is 19.4 Å². The minimum Gasteiger partial charge on any atom is -0.374 e. The van der Waals surface area contributed by atoms with Gasteiger partial charge >= 0.3 is 0 Å². The van der Waals surface area contributed by atoms with Gasteiger partial charge in [-0.2, -0.15) is 0 Å². The van der Waals surface area contributed by atoms with E-state index in [2.05, 4.69) is 5.32 Å². The van der Waals surface area contributed by atoms with Crippen LogP contribution in [0.15, 0.2) is 42.5 Å². The summed E-state index contributed by atoms with van der Waals surface area (Å²) in [6, 6.07) is 13.5. The van der Waals surface area contributed by atoms with Crippen molar-refractivity contribution in [1.29, 1.82) is 0 Å². The van der Waals surface area contributed by atoms with Gasteiger partial charge in [-0.05, 0) is 31.2 Å². The predicted octanol–water partition coefficient (Wildman–Crippen LogP) is 2.91. The first kappa shape index (κ1) is 17.6. The van der Waals surface area contributed by atoms with E-state index < -0.39 is 0 Å². The van der Waals surface area contributed by atoms with Crippen molar-refractivity contribution in [3.05, 3.63) is 52.2 Å². The first-order chi connectivity index (χ1) is 12.1. The van der Waals surface area contributed by atoms with Crippen LogP contribution in [0, 0.1) is 12.8 Å². The number of hydrogen-bond acceptors (Lipinski definition) is 4. The number of rotatable bonds is 6. The van der Waals surface area contributed by atoms with Gasteiger partial charge in [0.25, 0.3) is 0 Å². The van der Waals surface area contributed by atoms with Crippen LogP contribution in [0.3, 0.4) is 0 Å². The second-order valence-electron chi connectivity index (χ2n) is 6.16. The van der Waals surface area contributed by atoms with Crippen LogP contribution in [-0.4, -0.2) is 32.0 Å². The van der Waals surface area contributed by atoms with Gasteiger partial charge in [0.1, 0.15) is 6.10 Å². The van der Waals surface area contributed by atoms with Crippen LogP contribution in [0.4, 0.5) is 5.69 Å². The molecule has 1 aromatic carbocycles. The average molecular weight is 358 g/mol. The molecule has 2 heterocycles. The first-order valence-corrected chi connectivity index (χ1v) is 9.12. The molecule has 2 amide bonds. The second-order valence-corrected chi connectivity index (χ2v) is 7.48. The van der Waals surface area contributed by atoms with Crippen molar-refractivity contribution in [2.24, 2.45) is 5.92 Å². The van der Waals surface area contributed by atoms with Crippen molar-refractivity contribution in [2.75, 3.05) is 25.1 Å². The molecule has 1 aliphatic rings. The lowest BCUT2D eigenvalue weighted by molar-refractivity contribution is -0.126. The van der Waals surface area contributed by atoms with Crippen molar-refractivity contribution < 1.29 is 14.3 Å². The molecule has 0 spiro atoms. The minimum atomic E-state index is -0.324. The Balaban J connectivity index is 1.57. The van der Waals surface area contributed by atoms with Gasteiger partial charge in [0.15, 0.2) is 0 Å². The number of amides is 2. The van der Waals surface area contributed by atoms with Gasteiger partial charge in [-0.15, -0.1) is 11.3 Å². The number of carbonyl (C=O) groups excluding carboxylic acids is 2. The summed E-state index contributed by atoms with van der Waals surface area (Å²) in [5.41, 5.74) is 0.839. The van der Waals surface area contributed by atoms with Gasteiger partial charge in [0, 0.05) is 42.1 Å². The maximum Gasteiger partial charge on any atom is 0.227 e. The molecule has 1 saturated heterocycles. The third kappa shape index (κ3) is 4.08. The van der Waals surface area contributed by atoms with Gasteiger partial charge in [-0.25, -0.2) is 0 Å². The number of thiophene rings is 1. The van der Waals surface area contributed by atoms with E-state index in [9.17, 15) is 9.59 Å². The van der Waals surface area contributed by atoms with Gasteiger partial charge in [0.05, 0.1) is 5.92 Å². The maximum atomic E-state index is 12.5. The average Bonchev–Trinajstić information content (AvgIpc) is 3.22. The molecule has 25 heavy (non-hydrogen) atoms. The fourth-order valence-corrected chi connectivity index (χ4v) is 3.96. The Bertz CT molecular complexity index is 744. The highest BCUT2D eigenvalue weighted by molar-refractivity contribution is 7.12. The van der Waals surface area contributed by atoms with Gasteiger partial charge < -0.3 is 15.0 Å². The molecule has 0 aliphatic carbocycles. The molecular weight excluding hydrogens is 336 g/mol. The zero-order chi connectivity index (χ0) is 17.8. The number of benzene rings is 1. The third-order valence-corrected chi connectivity index (χ3v) is 5.48. The Morgan fingerprint density at radius 1 is 1.32 bits per heavy atom. The molecule has 1 aliphatic heterocycles. The van der Waals surface area contributed by atoms with E-state index in [-0.39, 0.29) is 30.3 Å². The van der Waals surface area contributed by atoms with Crippen molar-refractivity contribution in [1.82, 2.24) is 5.32 Å². The van der Waals surface area contributed by atoms with Gasteiger partial charge in [0.2, 0.25) is 11.8 Å². The summed E-state index contributed by atoms with van der Waals surface area (Å²) < 4.78 is 5.49. The molecule has 0 radical (unpaired) electrons. The van der Waals surface area contributed by atoms with Crippen LogP contribution >= 0.6 is 11.3 Å². The Morgan fingerprint density at radius 3 is 2.72 bits per heavy atom. The Labute approximate surface area is 151 Å². The fraction of sp³-hybridized carbons (Fsp3) is 0.368. The monoisotopic (exact) mass is 358 g/mol. The molecule has 0 bridgehead atoms. The lowest BCUT2D eigenvalue weighted by Gasteiger charge is -2.18. The summed E-state index contributed by atoms with van der Waals surface area (Å²) in [7, 11) is 1.64. The van der Waals surface area contributed by atoms with Crippen molar-refractivity contribution in [3.8, 4) is 0 Å². The number of anilines is 1. The minimum absolute atomic E-state index is 0.0106. The van der Waals surface area contributed by atoms with E-state index in [1.54, 1.807) is 23.3 Å². The highest BCUT2D eigenvalue weighted by Gasteiger charge is 2.35. The van der Waals surface area contributed by atoms with Crippen LogP contribution in [0.1, 0.15) is 22.3 Å². The molecule has 5 nitrogen and oxygen atoms in total. The summed E-state index contributed by atoms with van der Waals surface area (Å²) >= 11 is 1.66. The molecule has 0 unspecified atom stereocenters. The summed E-state index contributed by atoms with van der Waals surface area (Å²) in [6.45, 7) is 2.87. The molecule has 1 N–H and O–H groups in total. The molecule has 1 fully saturated rings. The summed E-state index contributed by atoms with van der Waals surface area (Å²) in [5.74, 6) is -0.430. The third-order valence-electron chi connectivity index (χ3n) is 4.39. The van der Waals surface area contributed by atoms with E-state index in [1.807, 2.05) is 49.4 Å². The molecule has 132 valence electrons. The Kier molecular flexibility index (Phi) is 5.50. The standard InChI is InChI=1S/C19H22N2O3S/c1-13-8-9-17(25-13)16(24-2)11-20-19(23)14-10-18(22)21(12-14)15-6-4-3-5-7-15/h3-9,14,16H,10-12H2,1-2H3,(H,20,23)/t14-,16-/m1/s1. The predicted molar refractivity (Wildman–Crippen MR) is 98.7 cm³/mol.